The molecule has 0 unspecified atom stereocenters. The Morgan fingerprint density at radius 3 is 1.24 bits per heavy atom. The lowest BCUT2D eigenvalue weighted by molar-refractivity contribution is 0.0676. The van der Waals surface area contributed by atoms with Gasteiger partial charge in [0.15, 0.2) is 0 Å². The van der Waals surface area contributed by atoms with E-state index in [0.717, 1.165) is 51.7 Å². The molecule has 0 aliphatic carbocycles. The van der Waals surface area contributed by atoms with Crippen LogP contribution in [0.5, 0.6) is 0 Å². The highest BCUT2D eigenvalue weighted by Crippen LogP contribution is 2.31. The summed E-state index contributed by atoms with van der Waals surface area (Å²) in [6.45, 7) is 13.0. The summed E-state index contributed by atoms with van der Waals surface area (Å²) in [6, 6.07) is 0.836. The summed E-state index contributed by atoms with van der Waals surface area (Å²) in [7, 11) is 9.17. The molecule has 0 aromatic carbocycles. The molecule has 6 nitrogen and oxygen atoms in total. The molecule has 0 bridgehead atoms. The fraction of sp³-hybridized carbons (Fsp3) is 1.00. The first kappa shape index (κ1) is 25.0. The van der Waals surface area contributed by atoms with Gasteiger partial charge in [0.2, 0.25) is 0 Å². The van der Waals surface area contributed by atoms with Crippen molar-refractivity contribution in [2.24, 2.45) is 5.41 Å². The third kappa shape index (κ3) is 8.47. The van der Waals surface area contributed by atoms with Gasteiger partial charge in [0, 0.05) is 52.4 Å². The molecule has 0 fully saturated rings. The molecule has 0 amide bonds. The van der Waals surface area contributed by atoms with Gasteiger partial charge in [-0.3, -0.25) is 0 Å². The molecule has 0 spiro atoms. The smallest absolute Gasteiger partial charge is 0.377 e. The minimum atomic E-state index is -2.57. The predicted octanol–water partition coefficient (Wildman–Crippen LogP) is 2.10. The molecule has 25 heavy (non-hydrogen) atoms. The first-order chi connectivity index (χ1) is 11.8. The highest BCUT2D eigenvalue weighted by atomic mass is 28.4. The van der Waals surface area contributed by atoms with Gasteiger partial charge in [-0.25, -0.2) is 0 Å². The molecule has 0 radical (unpaired) electrons. The molecule has 0 saturated carbocycles. The van der Waals surface area contributed by atoms with Crippen molar-refractivity contribution in [3.63, 3.8) is 0 Å². The molecule has 0 aliphatic heterocycles. The van der Waals surface area contributed by atoms with E-state index in [9.17, 15) is 0 Å². The van der Waals surface area contributed by atoms with E-state index in [1.165, 1.54) is 0 Å². The van der Waals surface area contributed by atoms with Crippen molar-refractivity contribution >= 4 is 8.80 Å². The molecule has 0 aromatic heterocycles. The maximum atomic E-state index is 5.68. The third-order valence-corrected chi connectivity index (χ3v) is 8.06. The second kappa shape index (κ2) is 12.4. The monoisotopic (exact) mass is 377 g/mol. The topological polar surface area (TPSA) is 37.4 Å². The summed E-state index contributed by atoms with van der Waals surface area (Å²) in [5.74, 6) is 0. The van der Waals surface area contributed by atoms with Crippen LogP contribution in [0.15, 0.2) is 0 Å². The van der Waals surface area contributed by atoms with E-state index >= 15 is 0 Å². The molecule has 0 heterocycles. The summed E-state index contributed by atoms with van der Waals surface area (Å²) in [4.78, 5) is 7.26. The van der Waals surface area contributed by atoms with Crippen LogP contribution in [-0.4, -0.2) is 105 Å². The van der Waals surface area contributed by atoms with Crippen LogP contribution in [0, 0.1) is 5.41 Å². The lowest BCUT2D eigenvalue weighted by atomic mass is 9.83. The standard InChI is InChI=1S/C18H43N3O3Si/c1-10-19(4)15-18(16-20(5)11-2,17-21(6)12-3)13-14-25(22-7,23-8)24-9/h10-17H2,1-9H3. The van der Waals surface area contributed by atoms with Gasteiger partial charge in [0.25, 0.3) is 0 Å². The molecule has 152 valence electrons. The SMILES string of the molecule is CCN(C)CC(CC[Si](OC)(OC)OC)(CN(C)CC)CN(C)CC. The Hall–Kier alpha value is -0.0231. The average Bonchev–Trinajstić information content (AvgIpc) is 2.62. The highest BCUT2D eigenvalue weighted by molar-refractivity contribution is 6.60. The van der Waals surface area contributed by atoms with Crippen LogP contribution >= 0.6 is 0 Å². The van der Waals surface area contributed by atoms with Crippen LogP contribution in [0.2, 0.25) is 6.04 Å². The Kier molecular flexibility index (Phi) is 12.4. The Bertz CT molecular complexity index is 304. The van der Waals surface area contributed by atoms with Gasteiger partial charge in [-0.15, -0.1) is 0 Å². The number of nitrogens with zero attached hydrogens (tertiary/aromatic N) is 3. The maximum Gasteiger partial charge on any atom is 0.500 e. The van der Waals surface area contributed by atoms with Gasteiger partial charge in [-0.1, -0.05) is 20.8 Å². The predicted molar refractivity (Wildman–Crippen MR) is 108 cm³/mol. The van der Waals surface area contributed by atoms with Crippen molar-refractivity contribution < 1.29 is 13.3 Å². The summed E-state index contributed by atoms with van der Waals surface area (Å²) >= 11 is 0. The minimum Gasteiger partial charge on any atom is -0.377 e. The van der Waals surface area contributed by atoms with Crippen LogP contribution in [0.3, 0.4) is 0 Å². The zero-order valence-corrected chi connectivity index (χ0v) is 19.2. The average molecular weight is 378 g/mol. The van der Waals surface area contributed by atoms with E-state index in [1.807, 2.05) is 0 Å². The van der Waals surface area contributed by atoms with E-state index in [1.54, 1.807) is 21.3 Å². The van der Waals surface area contributed by atoms with Gasteiger partial charge in [0.05, 0.1) is 0 Å². The lowest BCUT2D eigenvalue weighted by Crippen LogP contribution is -2.52. The van der Waals surface area contributed by atoms with E-state index in [4.69, 9.17) is 13.3 Å². The Labute approximate surface area is 157 Å². The minimum absolute atomic E-state index is 0.147. The molecular formula is C18H43N3O3Si. The van der Waals surface area contributed by atoms with E-state index in [2.05, 4.69) is 56.6 Å². The third-order valence-electron chi connectivity index (χ3n) is 5.33. The molecule has 0 aliphatic rings. The molecule has 0 atom stereocenters. The Morgan fingerprint density at radius 2 is 1.00 bits per heavy atom. The van der Waals surface area contributed by atoms with Crippen molar-refractivity contribution in [1.29, 1.82) is 0 Å². The van der Waals surface area contributed by atoms with Crippen LogP contribution in [0.25, 0.3) is 0 Å². The van der Waals surface area contributed by atoms with Gasteiger partial charge in [-0.05, 0) is 47.2 Å². The zero-order valence-electron chi connectivity index (χ0n) is 18.2. The highest BCUT2D eigenvalue weighted by Gasteiger charge is 2.42. The molecule has 0 aromatic rings. The number of rotatable bonds is 15. The van der Waals surface area contributed by atoms with Crippen molar-refractivity contribution in [3.8, 4) is 0 Å². The normalized spacial score (nSPS) is 13.4. The lowest BCUT2D eigenvalue weighted by Gasteiger charge is -2.43. The van der Waals surface area contributed by atoms with E-state index in [0.29, 0.717) is 0 Å². The molecule has 0 N–H and O–H groups in total. The van der Waals surface area contributed by atoms with Gasteiger partial charge < -0.3 is 28.0 Å². The fourth-order valence-corrected chi connectivity index (χ4v) is 5.36. The zero-order chi connectivity index (χ0) is 19.5. The van der Waals surface area contributed by atoms with Crippen LogP contribution in [-0.2, 0) is 13.3 Å². The van der Waals surface area contributed by atoms with Crippen molar-refractivity contribution in [2.75, 3.05) is 81.7 Å². The maximum absolute atomic E-state index is 5.68. The van der Waals surface area contributed by atoms with Crippen molar-refractivity contribution in [1.82, 2.24) is 14.7 Å². The number of hydrogen-bond donors (Lipinski definition) is 0. The summed E-state index contributed by atoms with van der Waals surface area (Å²) in [5.41, 5.74) is 0.147. The van der Waals surface area contributed by atoms with Crippen molar-refractivity contribution in [2.45, 2.75) is 33.2 Å². The van der Waals surface area contributed by atoms with Gasteiger partial charge in [0.1, 0.15) is 0 Å². The summed E-state index contributed by atoms with van der Waals surface area (Å²) in [6.07, 6.45) is 1.02. The van der Waals surface area contributed by atoms with Gasteiger partial charge in [-0.2, -0.15) is 0 Å². The summed E-state index contributed by atoms with van der Waals surface area (Å²) < 4.78 is 17.0. The second-order valence-electron chi connectivity index (χ2n) is 7.29. The molecule has 0 rings (SSSR count). The second-order valence-corrected chi connectivity index (χ2v) is 10.4. The van der Waals surface area contributed by atoms with E-state index < -0.39 is 8.80 Å². The fourth-order valence-electron chi connectivity index (χ4n) is 3.41. The quantitative estimate of drug-likeness (QED) is 0.407. The molecular weight excluding hydrogens is 334 g/mol. The first-order valence-corrected chi connectivity index (χ1v) is 11.4. The Morgan fingerprint density at radius 1 is 0.680 bits per heavy atom. The molecule has 0 saturated heterocycles. The first-order valence-electron chi connectivity index (χ1n) is 9.47. The van der Waals surface area contributed by atoms with Crippen molar-refractivity contribution in [3.05, 3.63) is 0 Å². The van der Waals surface area contributed by atoms with E-state index in [-0.39, 0.29) is 5.41 Å². The number of hydrogen-bond acceptors (Lipinski definition) is 6. The Balaban J connectivity index is 5.53. The van der Waals surface area contributed by atoms with Crippen LogP contribution in [0.4, 0.5) is 0 Å². The van der Waals surface area contributed by atoms with Crippen LogP contribution in [0.1, 0.15) is 27.2 Å². The van der Waals surface area contributed by atoms with Gasteiger partial charge >= 0.3 is 8.80 Å². The largest absolute Gasteiger partial charge is 0.500 e. The van der Waals surface area contributed by atoms with Crippen LogP contribution < -0.4 is 0 Å². The molecule has 7 heteroatoms. The summed E-state index contributed by atoms with van der Waals surface area (Å²) in [5, 5.41) is 0.